The minimum Gasteiger partial charge on any atom is -0.400 e. The van der Waals surface area contributed by atoms with Gasteiger partial charge in [0, 0.05) is 13.5 Å². The Morgan fingerprint density at radius 3 is 2.06 bits per heavy atom. The first-order valence-corrected chi connectivity index (χ1v) is 5.25. The van der Waals surface area contributed by atoms with E-state index in [1.165, 1.54) is 6.92 Å². The van der Waals surface area contributed by atoms with Gasteiger partial charge in [-0.3, -0.25) is 0 Å². The lowest BCUT2D eigenvalue weighted by atomic mass is 9.95. The van der Waals surface area contributed by atoms with E-state index in [9.17, 15) is 20.1 Å². The molecule has 1 heterocycles. The van der Waals surface area contributed by atoms with Gasteiger partial charge in [0.1, 0.15) is 24.1 Å². The lowest BCUT2D eigenvalue weighted by Crippen LogP contribution is -2.57. The predicted octanol–water partition coefficient (Wildman–Crippen LogP) is -2.24. The number of ether oxygens (including phenoxy) is 1. The van der Waals surface area contributed by atoms with Crippen LogP contribution in [0.5, 0.6) is 0 Å². The molecule has 3 unspecified atom stereocenters. The van der Waals surface area contributed by atoms with E-state index in [0.29, 0.717) is 0 Å². The van der Waals surface area contributed by atoms with Gasteiger partial charge in [-0.2, -0.15) is 0 Å². The average molecular weight is 252 g/mol. The zero-order chi connectivity index (χ0) is 13.6. The number of carbonyl (C=O) groups excluding carboxylic acids is 1. The number of carbonyl (C=O) groups is 1. The zero-order valence-electron chi connectivity index (χ0n) is 9.85. The highest BCUT2D eigenvalue weighted by atomic mass is 16.6. The van der Waals surface area contributed by atoms with E-state index < -0.39 is 30.7 Å². The number of hydrogen-bond donors (Lipinski definition) is 5. The Morgan fingerprint density at radius 2 is 1.59 bits per heavy atom. The fourth-order valence-electron chi connectivity index (χ4n) is 1.52. The molecule has 0 saturated carbocycles. The molecule has 17 heavy (non-hydrogen) atoms. The summed E-state index contributed by atoms with van der Waals surface area (Å²) >= 11 is 0. The van der Waals surface area contributed by atoms with Gasteiger partial charge in [-0.1, -0.05) is 0 Å². The summed E-state index contributed by atoms with van der Waals surface area (Å²) in [4.78, 5) is 10.7. The van der Waals surface area contributed by atoms with Crippen molar-refractivity contribution in [1.82, 2.24) is 0 Å². The number of hydrogen-bond acceptors (Lipinski definition) is 7. The second-order valence-corrected chi connectivity index (χ2v) is 3.78. The third-order valence-electron chi connectivity index (χ3n) is 2.47. The Hall–Kier alpha value is -0.570. The molecule has 0 aromatic carbocycles. The first kappa shape index (κ1) is 16.4. The van der Waals surface area contributed by atoms with Crippen molar-refractivity contribution in [3.05, 3.63) is 0 Å². The number of ketones is 1. The van der Waals surface area contributed by atoms with Crippen LogP contribution in [0.3, 0.4) is 0 Å². The quantitative estimate of drug-likeness (QED) is 0.384. The summed E-state index contributed by atoms with van der Waals surface area (Å²) in [6.07, 6.45) is -6.22. The van der Waals surface area contributed by atoms with Gasteiger partial charge >= 0.3 is 0 Å². The Bertz CT molecular complexity index is 233. The van der Waals surface area contributed by atoms with Crippen molar-refractivity contribution in [2.24, 2.45) is 0 Å². The van der Waals surface area contributed by atoms with E-state index in [2.05, 4.69) is 0 Å². The Labute approximate surface area is 99.3 Å². The molecule has 1 fully saturated rings. The van der Waals surface area contributed by atoms with E-state index in [1.807, 2.05) is 0 Å². The SMILES string of the molecule is CC(=O)CCC1O[C@H](O)C(O)C(O)[C@@H]1O.CO. The topological polar surface area (TPSA) is 127 Å². The largest absolute Gasteiger partial charge is 0.400 e. The Balaban J connectivity index is 0.00000121. The highest BCUT2D eigenvalue weighted by Crippen LogP contribution is 2.22. The van der Waals surface area contributed by atoms with Crippen molar-refractivity contribution in [2.75, 3.05) is 7.11 Å². The second-order valence-electron chi connectivity index (χ2n) is 3.78. The van der Waals surface area contributed by atoms with Crippen LogP contribution in [0.2, 0.25) is 0 Å². The van der Waals surface area contributed by atoms with E-state index >= 15 is 0 Å². The van der Waals surface area contributed by atoms with E-state index in [0.717, 1.165) is 7.11 Å². The molecule has 0 spiro atoms. The smallest absolute Gasteiger partial charge is 0.183 e. The van der Waals surface area contributed by atoms with Gasteiger partial charge in [0.25, 0.3) is 0 Å². The van der Waals surface area contributed by atoms with Crippen molar-refractivity contribution in [3.63, 3.8) is 0 Å². The van der Waals surface area contributed by atoms with Gasteiger partial charge in [0.05, 0.1) is 6.10 Å². The third kappa shape index (κ3) is 4.66. The molecule has 0 aromatic rings. The molecule has 1 aliphatic heterocycles. The molecule has 0 radical (unpaired) electrons. The van der Waals surface area contributed by atoms with Crippen LogP contribution in [0.15, 0.2) is 0 Å². The molecule has 102 valence electrons. The molecule has 0 aliphatic carbocycles. The van der Waals surface area contributed by atoms with Gasteiger partial charge in [-0.15, -0.1) is 0 Å². The highest BCUT2D eigenvalue weighted by molar-refractivity contribution is 5.75. The van der Waals surface area contributed by atoms with Crippen LogP contribution >= 0.6 is 0 Å². The van der Waals surface area contributed by atoms with Crippen LogP contribution in [-0.4, -0.2) is 69.1 Å². The van der Waals surface area contributed by atoms with Gasteiger partial charge in [0.15, 0.2) is 6.29 Å². The molecular weight excluding hydrogens is 232 g/mol. The molecular formula is C10H20O7. The average Bonchev–Trinajstić information content (AvgIpc) is 2.32. The molecule has 1 aliphatic rings. The van der Waals surface area contributed by atoms with Gasteiger partial charge in [0.2, 0.25) is 0 Å². The van der Waals surface area contributed by atoms with E-state index in [-0.39, 0.29) is 18.6 Å². The Kier molecular flexibility index (Phi) is 7.44. The van der Waals surface area contributed by atoms with Crippen LogP contribution in [0.25, 0.3) is 0 Å². The van der Waals surface area contributed by atoms with Crippen molar-refractivity contribution in [3.8, 4) is 0 Å². The predicted molar refractivity (Wildman–Crippen MR) is 57.0 cm³/mol. The maximum atomic E-state index is 10.7. The number of aliphatic hydroxyl groups excluding tert-OH is 5. The van der Waals surface area contributed by atoms with Gasteiger partial charge < -0.3 is 35.1 Å². The minimum absolute atomic E-state index is 0.0686. The molecule has 1 saturated heterocycles. The van der Waals surface area contributed by atoms with Crippen molar-refractivity contribution >= 4 is 5.78 Å². The first-order chi connectivity index (χ1) is 7.93. The molecule has 7 nitrogen and oxygen atoms in total. The molecule has 0 bridgehead atoms. The summed E-state index contributed by atoms with van der Waals surface area (Å²) in [6, 6.07) is 0. The van der Waals surface area contributed by atoms with Crippen molar-refractivity contribution in [2.45, 2.75) is 50.5 Å². The molecule has 7 heteroatoms. The third-order valence-corrected chi connectivity index (χ3v) is 2.47. The zero-order valence-corrected chi connectivity index (χ0v) is 9.85. The molecule has 0 amide bonds. The summed E-state index contributed by atoms with van der Waals surface area (Å²) in [5.41, 5.74) is 0. The van der Waals surface area contributed by atoms with Gasteiger partial charge in [-0.05, 0) is 13.3 Å². The van der Waals surface area contributed by atoms with Gasteiger partial charge in [-0.25, -0.2) is 0 Å². The first-order valence-electron chi connectivity index (χ1n) is 5.25. The highest BCUT2D eigenvalue weighted by Gasteiger charge is 2.42. The normalized spacial score (nSPS) is 37.0. The van der Waals surface area contributed by atoms with E-state index in [1.54, 1.807) is 0 Å². The van der Waals surface area contributed by atoms with Crippen LogP contribution < -0.4 is 0 Å². The molecule has 0 aromatic heterocycles. The Morgan fingerprint density at radius 1 is 1.06 bits per heavy atom. The number of Topliss-reactive ketones (excluding diaryl/α,β-unsaturated/α-hetero) is 1. The summed E-state index contributed by atoms with van der Waals surface area (Å²) in [5, 5.41) is 44.1. The monoisotopic (exact) mass is 252 g/mol. The van der Waals surface area contributed by atoms with Crippen molar-refractivity contribution in [1.29, 1.82) is 0 Å². The van der Waals surface area contributed by atoms with E-state index in [4.69, 9.17) is 14.9 Å². The maximum absolute atomic E-state index is 10.7. The summed E-state index contributed by atoms with van der Waals surface area (Å²) in [5.74, 6) is -0.0686. The summed E-state index contributed by atoms with van der Waals surface area (Å²) < 4.78 is 4.87. The summed E-state index contributed by atoms with van der Waals surface area (Å²) in [7, 11) is 1.00. The molecule has 5 atom stereocenters. The van der Waals surface area contributed by atoms with Crippen LogP contribution in [0, 0.1) is 0 Å². The fraction of sp³-hybridized carbons (Fsp3) is 0.900. The fourth-order valence-corrected chi connectivity index (χ4v) is 1.52. The maximum Gasteiger partial charge on any atom is 0.183 e. The second kappa shape index (κ2) is 7.70. The number of rotatable bonds is 3. The lowest BCUT2D eigenvalue weighted by Gasteiger charge is -2.38. The van der Waals surface area contributed by atoms with Crippen molar-refractivity contribution < 1.29 is 35.1 Å². The minimum atomic E-state index is -1.53. The standard InChI is InChI=1S/C9H16O6.CH4O/c1-4(10)2-3-5-6(11)7(12)8(13)9(14)15-5;1-2/h5-9,11-14H,2-3H2,1H3;2H,1H3/t5?,6-,7?,8?,9+;/m1./s1. The summed E-state index contributed by atoms with van der Waals surface area (Å²) in [6.45, 7) is 1.40. The lowest BCUT2D eigenvalue weighted by molar-refractivity contribution is -0.282. The molecule has 5 N–H and O–H groups in total. The van der Waals surface area contributed by atoms with Crippen LogP contribution in [0.1, 0.15) is 19.8 Å². The molecule has 1 rings (SSSR count). The number of aliphatic hydroxyl groups is 5. The van der Waals surface area contributed by atoms with Crippen LogP contribution in [-0.2, 0) is 9.53 Å². The van der Waals surface area contributed by atoms with Crippen LogP contribution in [0.4, 0.5) is 0 Å².